The first-order chi connectivity index (χ1) is 12.5. The molecule has 1 aromatic heterocycles. The molecule has 0 spiro atoms. The number of nitrogens with one attached hydrogen (secondary N) is 2. The van der Waals surface area contributed by atoms with Crippen molar-refractivity contribution in [3.63, 3.8) is 0 Å². The molecule has 1 aliphatic rings. The van der Waals surface area contributed by atoms with Gasteiger partial charge in [-0.2, -0.15) is 0 Å². The van der Waals surface area contributed by atoms with Crippen molar-refractivity contribution in [3.05, 3.63) is 58.9 Å². The van der Waals surface area contributed by atoms with Crippen molar-refractivity contribution in [2.75, 3.05) is 5.32 Å². The number of hydrogen-bond acceptors (Lipinski definition) is 3. The fourth-order valence-corrected chi connectivity index (χ4v) is 3.23. The third kappa shape index (κ3) is 4.48. The third-order valence-corrected chi connectivity index (χ3v) is 4.97. The second-order valence-electron chi connectivity index (χ2n) is 7.02. The van der Waals surface area contributed by atoms with Crippen molar-refractivity contribution >= 4 is 17.5 Å². The predicted octanol–water partition coefficient (Wildman–Crippen LogP) is 4.01. The lowest BCUT2D eigenvalue weighted by molar-refractivity contribution is 0.0927. The number of carbonyl (C=O) groups is 2. The van der Waals surface area contributed by atoms with Gasteiger partial charge in [-0.15, -0.1) is 0 Å². The van der Waals surface area contributed by atoms with Gasteiger partial charge in [-0.25, -0.2) is 0 Å². The van der Waals surface area contributed by atoms with Crippen LogP contribution in [0.4, 0.5) is 5.69 Å². The van der Waals surface area contributed by atoms with Crippen molar-refractivity contribution in [1.29, 1.82) is 0 Å². The van der Waals surface area contributed by atoms with Gasteiger partial charge in [0.25, 0.3) is 11.8 Å². The van der Waals surface area contributed by atoms with Gasteiger partial charge in [-0.05, 0) is 56.0 Å². The molecule has 0 saturated heterocycles. The Kier molecular flexibility index (Phi) is 5.66. The Hall–Kier alpha value is -2.69. The maximum absolute atomic E-state index is 12.5. The summed E-state index contributed by atoms with van der Waals surface area (Å²) in [5.74, 6) is -0.432. The second-order valence-corrected chi connectivity index (χ2v) is 7.02. The van der Waals surface area contributed by atoms with Crippen LogP contribution in [0, 0.1) is 13.8 Å². The van der Waals surface area contributed by atoms with Crippen LogP contribution >= 0.6 is 0 Å². The molecule has 3 rings (SSSR count). The molecule has 2 amide bonds. The first-order valence-corrected chi connectivity index (χ1v) is 9.17. The van der Waals surface area contributed by atoms with Crippen LogP contribution in [0.15, 0.2) is 36.7 Å². The molecule has 5 nitrogen and oxygen atoms in total. The Balaban J connectivity index is 1.68. The number of nitrogens with zero attached hydrogens (tertiary/aromatic N) is 1. The van der Waals surface area contributed by atoms with Crippen LogP contribution in [0.25, 0.3) is 0 Å². The van der Waals surface area contributed by atoms with Gasteiger partial charge in [0.1, 0.15) is 0 Å². The largest absolute Gasteiger partial charge is 0.349 e. The number of anilines is 1. The summed E-state index contributed by atoms with van der Waals surface area (Å²) in [4.78, 5) is 29.0. The topological polar surface area (TPSA) is 71.1 Å². The van der Waals surface area contributed by atoms with Gasteiger partial charge in [-0.3, -0.25) is 14.6 Å². The highest BCUT2D eigenvalue weighted by molar-refractivity contribution is 6.05. The molecule has 2 N–H and O–H groups in total. The van der Waals surface area contributed by atoms with Crippen molar-refractivity contribution in [1.82, 2.24) is 10.3 Å². The van der Waals surface area contributed by atoms with E-state index in [1.165, 1.54) is 24.4 Å². The lowest BCUT2D eigenvalue weighted by Gasteiger charge is -2.22. The van der Waals surface area contributed by atoms with E-state index in [-0.39, 0.29) is 17.9 Å². The van der Waals surface area contributed by atoms with Crippen molar-refractivity contribution in [3.8, 4) is 0 Å². The first-order valence-electron chi connectivity index (χ1n) is 9.17. The summed E-state index contributed by atoms with van der Waals surface area (Å²) in [5.41, 5.74) is 3.81. The molecule has 1 fully saturated rings. The molecule has 0 unspecified atom stereocenters. The van der Waals surface area contributed by atoms with Gasteiger partial charge in [-0.1, -0.05) is 25.3 Å². The van der Waals surface area contributed by atoms with Gasteiger partial charge < -0.3 is 10.6 Å². The Labute approximate surface area is 154 Å². The van der Waals surface area contributed by atoms with Crippen molar-refractivity contribution in [2.45, 2.75) is 52.0 Å². The van der Waals surface area contributed by atoms with Gasteiger partial charge >= 0.3 is 0 Å². The number of rotatable bonds is 4. The molecule has 26 heavy (non-hydrogen) atoms. The molecule has 1 heterocycles. The number of hydrogen-bond donors (Lipinski definition) is 2. The van der Waals surface area contributed by atoms with E-state index in [2.05, 4.69) is 15.6 Å². The van der Waals surface area contributed by atoms with E-state index in [9.17, 15) is 9.59 Å². The number of aromatic nitrogens is 1. The Bertz CT molecular complexity index is 811. The van der Waals surface area contributed by atoms with Crippen molar-refractivity contribution < 1.29 is 9.59 Å². The zero-order chi connectivity index (χ0) is 18.5. The Morgan fingerprint density at radius 1 is 0.923 bits per heavy atom. The van der Waals surface area contributed by atoms with E-state index in [0.717, 1.165) is 36.9 Å². The summed E-state index contributed by atoms with van der Waals surface area (Å²) >= 11 is 0. The van der Waals surface area contributed by atoms with E-state index in [1.54, 1.807) is 6.07 Å². The van der Waals surface area contributed by atoms with Gasteiger partial charge in [0.05, 0.1) is 11.1 Å². The van der Waals surface area contributed by atoms with Gasteiger partial charge in [0.15, 0.2) is 0 Å². The molecular formula is C21H25N3O2. The first kappa shape index (κ1) is 18.1. The normalized spacial score (nSPS) is 14.7. The molecule has 1 aromatic carbocycles. The molecule has 0 aliphatic heterocycles. The predicted molar refractivity (Wildman–Crippen MR) is 102 cm³/mol. The van der Waals surface area contributed by atoms with Crippen molar-refractivity contribution in [2.24, 2.45) is 0 Å². The quantitative estimate of drug-likeness (QED) is 0.874. The third-order valence-electron chi connectivity index (χ3n) is 4.97. The number of benzene rings is 1. The van der Waals surface area contributed by atoms with E-state index in [0.29, 0.717) is 11.1 Å². The summed E-state index contributed by atoms with van der Waals surface area (Å²) in [6.07, 6.45) is 8.57. The number of pyridine rings is 1. The Morgan fingerprint density at radius 3 is 2.31 bits per heavy atom. The average molecular weight is 351 g/mol. The lowest BCUT2D eigenvalue weighted by Crippen LogP contribution is -2.36. The van der Waals surface area contributed by atoms with Gasteiger partial charge in [0.2, 0.25) is 0 Å². The second kappa shape index (κ2) is 8.13. The maximum atomic E-state index is 12.5. The minimum Gasteiger partial charge on any atom is -0.349 e. The van der Waals surface area contributed by atoms with E-state index in [4.69, 9.17) is 0 Å². The van der Waals surface area contributed by atoms with Crippen LogP contribution in [0.2, 0.25) is 0 Å². The SMILES string of the molecule is Cc1ccc(NC(=O)c2cncc(C(=O)NC3CCCCC3)c2)cc1C. The highest BCUT2D eigenvalue weighted by atomic mass is 16.2. The van der Waals surface area contributed by atoms with Crippen LogP contribution < -0.4 is 10.6 Å². The summed E-state index contributed by atoms with van der Waals surface area (Å²) in [6.45, 7) is 4.03. The van der Waals surface area contributed by atoms with E-state index in [1.807, 2.05) is 32.0 Å². The van der Waals surface area contributed by atoms with E-state index >= 15 is 0 Å². The zero-order valence-corrected chi connectivity index (χ0v) is 15.3. The van der Waals surface area contributed by atoms with Crippen LogP contribution in [0.3, 0.4) is 0 Å². The lowest BCUT2D eigenvalue weighted by atomic mass is 9.95. The highest BCUT2D eigenvalue weighted by Gasteiger charge is 2.18. The molecule has 136 valence electrons. The fraction of sp³-hybridized carbons (Fsp3) is 0.381. The van der Waals surface area contributed by atoms with Crippen LogP contribution in [-0.2, 0) is 0 Å². The fourth-order valence-electron chi connectivity index (χ4n) is 3.23. The minimum absolute atomic E-state index is 0.162. The molecule has 0 radical (unpaired) electrons. The summed E-state index contributed by atoms with van der Waals surface area (Å²) in [5, 5.41) is 5.92. The monoisotopic (exact) mass is 351 g/mol. The Morgan fingerprint density at radius 2 is 1.62 bits per heavy atom. The minimum atomic E-state index is -0.270. The molecule has 0 bridgehead atoms. The molecule has 5 heteroatoms. The van der Waals surface area contributed by atoms with Crippen LogP contribution in [0.1, 0.15) is 63.9 Å². The standard InChI is InChI=1S/C21H25N3O2/c1-14-8-9-19(10-15(14)2)24-21(26)17-11-16(12-22-13-17)20(25)23-18-6-4-3-5-7-18/h8-13,18H,3-7H2,1-2H3,(H,23,25)(H,24,26). The van der Waals surface area contributed by atoms with E-state index < -0.39 is 0 Å². The molecule has 0 atom stereocenters. The molecule has 1 saturated carbocycles. The number of aryl methyl sites for hydroxylation is 2. The van der Waals surface area contributed by atoms with Crippen LogP contribution in [-0.4, -0.2) is 22.8 Å². The van der Waals surface area contributed by atoms with Gasteiger partial charge in [0, 0.05) is 24.1 Å². The summed E-state index contributed by atoms with van der Waals surface area (Å²) < 4.78 is 0. The number of amides is 2. The highest BCUT2D eigenvalue weighted by Crippen LogP contribution is 2.18. The molecule has 2 aromatic rings. The zero-order valence-electron chi connectivity index (χ0n) is 15.3. The molecule has 1 aliphatic carbocycles. The number of carbonyl (C=O) groups excluding carboxylic acids is 2. The smallest absolute Gasteiger partial charge is 0.257 e. The maximum Gasteiger partial charge on any atom is 0.257 e. The van der Waals surface area contributed by atoms with Crippen LogP contribution in [0.5, 0.6) is 0 Å². The average Bonchev–Trinajstić information content (AvgIpc) is 2.65. The summed E-state index contributed by atoms with van der Waals surface area (Å²) in [7, 11) is 0. The summed E-state index contributed by atoms with van der Waals surface area (Å²) in [6, 6.07) is 7.59. The molecular weight excluding hydrogens is 326 g/mol.